The van der Waals surface area contributed by atoms with Crippen molar-refractivity contribution in [1.82, 2.24) is 21.2 Å². The van der Waals surface area contributed by atoms with Crippen LogP contribution in [0.3, 0.4) is 0 Å². The maximum absolute atomic E-state index is 13.1. The van der Waals surface area contributed by atoms with Crippen LogP contribution in [0.1, 0.15) is 6.92 Å². The first-order chi connectivity index (χ1) is 7.26. The summed E-state index contributed by atoms with van der Waals surface area (Å²) in [6.45, 7) is 4.85. The Labute approximate surface area is 89.8 Å². The van der Waals surface area contributed by atoms with Crippen LogP contribution >= 0.6 is 0 Å². The molecule has 0 saturated heterocycles. The lowest BCUT2D eigenvalue weighted by Crippen LogP contribution is -2.37. The number of nitrogens with one attached hydrogen (secondary N) is 3. The van der Waals surface area contributed by atoms with Crippen LogP contribution < -0.4 is 27.6 Å². The van der Waals surface area contributed by atoms with E-state index in [2.05, 4.69) is 16.1 Å². The summed E-state index contributed by atoms with van der Waals surface area (Å²) < 4.78 is 13.1. The Morgan fingerprint density at radius 1 is 1.40 bits per heavy atom. The maximum atomic E-state index is 13.1. The molecule has 0 unspecified atom stereocenters. The first kappa shape index (κ1) is 14.1. The molecule has 0 aromatic rings. The maximum Gasteiger partial charge on any atom is 0.112 e. The van der Waals surface area contributed by atoms with Gasteiger partial charge in [-0.05, 0) is 6.54 Å². The van der Waals surface area contributed by atoms with Crippen LogP contribution in [-0.4, -0.2) is 38.0 Å². The predicted molar refractivity (Wildman–Crippen MR) is 58.8 cm³/mol. The Morgan fingerprint density at radius 2 is 2.07 bits per heavy atom. The van der Waals surface area contributed by atoms with E-state index in [9.17, 15) is 4.48 Å². The van der Waals surface area contributed by atoms with Gasteiger partial charge in [0.1, 0.15) is 6.67 Å². The standard InChI is InChI=1S/C8H21FN6/c1-2-12-3-4-13-6-8(5-10)15(9)7-14-11/h5,12-14H,2-4,6-7,10-11H2,1H3/b8-5-. The van der Waals surface area contributed by atoms with Gasteiger partial charge in [0.2, 0.25) is 0 Å². The van der Waals surface area contributed by atoms with Crippen molar-refractivity contribution in [2.75, 3.05) is 32.8 Å². The zero-order chi connectivity index (χ0) is 11.5. The fourth-order valence-corrected chi connectivity index (χ4v) is 0.977. The molecule has 0 radical (unpaired) electrons. The fraction of sp³-hybridized carbons (Fsp3) is 0.750. The van der Waals surface area contributed by atoms with Gasteiger partial charge in [-0.3, -0.25) is 5.84 Å². The molecule has 0 aromatic heterocycles. The highest BCUT2D eigenvalue weighted by molar-refractivity contribution is 4.98. The van der Waals surface area contributed by atoms with Gasteiger partial charge in [-0.2, -0.15) is 5.12 Å². The van der Waals surface area contributed by atoms with Crippen LogP contribution in [0, 0.1) is 0 Å². The molecular formula is C8H21FN6. The lowest BCUT2D eigenvalue weighted by Gasteiger charge is -2.16. The molecule has 15 heavy (non-hydrogen) atoms. The van der Waals surface area contributed by atoms with Gasteiger partial charge in [-0.25, -0.2) is 5.43 Å². The number of likely N-dealkylation sites (N-methyl/N-ethyl adjacent to an activating group) is 1. The van der Waals surface area contributed by atoms with E-state index in [0.29, 0.717) is 17.4 Å². The van der Waals surface area contributed by atoms with Crippen LogP contribution in [0.25, 0.3) is 0 Å². The van der Waals surface area contributed by atoms with Crippen molar-refractivity contribution in [1.29, 1.82) is 0 Å². The molecule has 90 valence electrons. The van der Waals surface area contributed by atoms with Crippen LogP contribution in [0.2, 0.25) is 0 Å². The largest absolute Gasteiger partial charge is 0.403 e. The van der Waals surface area contributed by atoms with Gasteiger partial charge in [0.25, 0.3) is 0 Å². The van der Waals surface area contributed by atoms with Gasteiger partial charge in [0.05, 0.1) is 5.70 Å². The quantitative estimate of drug-likeness (QED) is 0.108. The summed E-state index contributed by atoms with van der Waals surface area (Å²) in [6.07, 6.45) is 1.22. The first-order valence-electron chi connectivity index (χ1n) is 4.95. The van der Waals surface area contributed by atoms with E-state index in [-0.39, 0.29) is 6.67 Å². The summed E-state index contributed by atoms with van der Waals surface area (Å²) in [5, 5.41) is 6.65. The molecular weight excluding hydrogens is 199 g/mol. The Bertz CT molecular complexity index is 175. The second-order valence-corrected chi connectivity index (χ2v) is 2.91. The predicted octanol–water partition coefficient (Wildman–Crippen LogP) is -1.41. The van der Waals surface area contributed by atoms with Crippen molar-refractivity contribution in [2.24, 2.45) is 11.6 Å². The Hall–Kier alpha value is -0.890. The highest BCUT2D eigenvalue weighted by atomic mass is 19.2. The highest BCUT2D eigenvalue weighted by Crippen LogP contribution is 1.99. The molecule has 0 amide bonds. The molecule has 0 aliphatic heterocycles. The van der Waals surface area contributed by atoms with Crippen molar-refractivity contribution in [2.45, 2.75) is 6.92 Å². The van der Waals surface area contributed by atoms with Crippen LogP contribution in [0.15, 0.2) is 11.9 Å². The van der Waals surface area contributed by atoms with Gasteiger partial charge in [0, 0.05) is 25.8 Å². The van der Waals surface area contributed by atoms with Crippen molar-refractivity contribution in [3.05, 3.63) is 11.9 Å². The molecule has 0 rings (SSSR count). The minimum atomic E-state index is -0.0854. The Kier molecular flexibility index (Phi) is 9.08. The molecule has 0 aliphatic carbocycles. The van der Waals surface area contributed by atoms with E-state index >= 15 is 0 Å². The summed E-state index contributed by atoms with van der Waals surface area (Å²) in [5.41, 5.74) is 7.84. The number of hydrogen-bond donors (Lipinski definition) is 5. The minimum absolute atomic E-state index is 0.0854. The van der Waals surface area contributed by atoms with Crippen LogP contribution in [-0.2, 0) is 0 Å². The number of nitrogens with two attached hydrogens (primary N) is 2. The summed E-state index contributed by atoms with van der Waals surface area (Å²) >= 11 is 0. The number of hydrazine groups is 1. The Morgan fingerprint density at radius 3 is 2.60 bits per heavy atom. The zero-order valence-electron chi connectivity index (χ0n) is 9.09. The lowest BCUT2D eigenvalue weighted by molar-refractivity contribution is 0.0568. The third-order valence-corrected chi connectivity index (χ3v) is 1.77. The van der Waals surface area contributed by atoms with E-state index in [1.807, 2.05) is 6.92 Å². The average Bonchev–Trinajstić information content (AvgIpc) is 2.23. The van der Waals surface area contributed by atoms with Crippen molar-refractivity contribution in [3.63, 3.8) is 0 Å². The van der Waals surface area contributed by atoms with E-state index < -0.39 is 0 Å². The normalized spacial score (nSPS) is 11.8. The van der Waals surface area contributed by atoms with E-state index in [1.165, 1.54) is 6.20 Å². The average molecular weight is 220 g/mol. The molecule has 0 atom stereocenters. The molecule has 0 saturated carbocycles. The summed E-state index contributed by atoms with van der Waals surface area (Å²) in [4.78, 5) is 0. The lowest BCUT2D eigenvalue weighted by atomic mass is 10.4. The summed E-state index contributed by atoms with van der Waals surface area (Å²) in [6, 6.07) is 0. The molecule has 0 heterocycles. The molecule has 0 spiro atoms. The molecule has 0 aromatic carbocycles. The monoisotopic (exact) mass is 220 g/mol. The van der Waals surface area contributed by atoms with Crippen molar-refractivity contribution < 1.29 is 4.48 Å². The van der Waals surface area contributed by atoms with Gasteiger partial charge < -0.3 is 16.4 Å². The zero-order valence-corrected chi connectivity index (χ0v) is 9.09. The summed E-state index contributed by atoms with van der Waals surface area (Å²) in [5.74, 6) is 4.99. The minimum Gasteiger partial charge on any atom is -0.403 e. The highest BCUT2D eigenvalue weighted by Gasteiger charge is 2.05. The second-order valence-electron chi connectivity index (χ2n) is 2.91. The Balaban J connectivity index is 3.62. The molecule has 7 N–H and O–H groups in total. The van der Waals surface area contributed by atoms with Gasteiger partial charge in [0.15, 0.2) is 0 Å². The van der Waals surface area contributed by atoms with E-state index in [1.54, 1.807) is 0 Å². The number of nitrogens with zero attached hydrogens (tertiary/aromatic N) is 1. The number of hydrogen-bond acceptors (Lipinski definition) is 6. The van der Waals surface area contributed by atoms with E-state index in [0.717, 1.165) is 19.6 Å². The van der Waals surface area contributed by atoms with Gasteiger partial charge >= 0.3 is 0 Å². The van der Waals surface area contributed by atoms with Crippen LogP contribution in [0.5, 0.6) is 0 Å². The summed E-state index contributed by atoms with van der Waals surface area (Å²) in [7, 11) is 0. The second kappa shape index (κ2) is 9.66. The van der Waals surface area contributed by atoms with Gasteiger partial charge in [-0.1, -0.05) is 11.4 Å². The van der Waals surface area contributed by atoms with Crippen molar-refractivity contribution >= 4 is 0 Å². The third-order valence-electron chi connectivity index (χ3n) is 1.77. The van der Waals surface area contributed by atoms with Crippen LogP contribution in [0.4, 0.5) is 4.48 Å². The topological polar surface area (TPSA) is 91.4 Å². The molecule has 0 fully saturated rings. The van der Waals surface area contributed by atoms with E-state index in [4.69, 9.17) is 11.6 Å². The molecule has 0 bridgehead atoms. The number of rotatable bonds is 9. The van der Waals surface area contributed by atoms with Crippen molar-refractivity contribution in [3.8, 4) is 0 Å². The molecule has 6 nitrogen and oxygen atoms in total. The third kappa shape index (κ3) is 7.09. The molecule has 0 aliphatic rings. The SMILES string of the molecule is CCNCCNC/C(=C/N)N(F)CNN. The van der Waals surface area contributed by atoms with Gasteiger partial charge in [-0.15, -0.1) is 0 Å². The smallest absolute Gasteiger partial charge is 0.112 e. The first-order valence-corrected chi connectivity index (χ1v) is 4.95. The fourth-order valence-electron chi connectivity index (χ4n) is 0.977. The number of halogens is 1. The molecule has 7 heteroatoms.